The van der Waals surface area contributed by atoms with Crippen molar-refractivity contribution in [1.29, 1.82) is 0 Å². The zero-order valence-corrected chi connectivity index (χ0v) is 20.3. The van der Waals surface area contributed by atoms with Gasteiger partial charge in [-0.25, -0.2) is 0 Å². The minimum atomic E-state index is -0.438. The van der Waals surface area contributed by atoms with E-state index >= 15 is 0 Å². The van der Waals surface area contributed by atoms with Crippen LogP contribution in [0.25, 0.3) is 10.8 Å². The summed E-state index contributed by atoms with van der Waals surface area (Å²) in [5.74, 6) is 1.13. The maximum atomic E-state index is 12.9. The Morgan fingerprint density at radius 3 is 2.27 bits per heavy atom. The first-order valence-electron chi connectivity index (χ1n) is 11.8. The molecule has 0 saturated carbocycles. The molecule has 2 unspecified atom stereocenters. The van der Waals surface area contributed by atoms with Gasteiger partial charge in [0.05, 0.1) is 11.6 Å². The van der Waals surface area contributed by atoms with Crippen LogP contribution in [-0.2, 0) is 6.54 Å². The Bertz CT molecular complexity index is 1050. The number of hydrogen-bond donors (Lipinski definition) is 2. The summed E-state index contributed by atoms with van der Waals surface area (Å²) < 4.78 is 5.96. The maximum absolute atomic E-state index is 12.9. The third-order valence-electron chi connectivity index (χ3n) is 6.43. The molecule has 3 aromatic rings. The molecule has 0 spiro atoms. The number of nitrogens with one attached hydrogen (secondary N) is 2. The third kappa shape index (κ3) is 6.24. The summed E-state index contributed by atoms with van der Waals surface area (Å²) in [5, 5.41) is 27.4. The number of hydroxylamine groups is 2. The van der Waals surface area contributed by atoms with Crippen molar-refractivity contribution in [1.82, 2.24) is 0 Å². The Morgan fingerprint density at radius 2 is 1.58 bits per heavy atom. The van der Waals surface area contributed by atoms with Gasteiger partial charge in [-0.2, -0.15) is 0 Å². The average molecular weight is 453 g/mol. The predicted molar refractivity (Wildman–Crippen MR) is 132 cm³/mol. The van der Waals surface area contributed by atoms with Crippen LogP contribution >= 0.6 is 0 Å². The van der Waals surface area contributed by atoms with Crippen LogP contribution in [0.3, 0.4) is 0 Å². The molecule has 6 nitrogen and oxygen atoms in total. The molecule has 0 aromatic heterocycles. The van der Waals surface area contributed by atoms with E-state index in [1.54, 1.807) is 18.2 Å². The Balaban J connectivity index is 1.81. The van der Waals surface area contributed by atoms with Crippen molar-refractivity contribution in [2.45, 2.75) is 72.1 Å². The third-order valence-corrected chi connectivity index (χ3v) is 6.43. The molecule has 178 valence electrons. The second-order valence-electron chi connectivity index (χ2n) is 9.11. The van der Waals surface area contributed by atoms with E-state index in [0.717, 1.165) is 35.6 Å². The van der Waals surface area contributed by atoms with E-state index in [-0.39, 0.29) is 16.7 Å². The lowest BCUT2D eigenvalue weighted by Gasteiger charge is -2.38. The predicted octanol–water partition coefficient (Wildman–Crippen LogP) is 4.49. The van der Waals surface area contributed by atoms with Gasteiger partial charge in [0.1, 0.15) is 12.3 Å². The fraction of sp³-hybridized carbons (Fsp3) is 0.407. The Morgan fingerprint density at radius 1 is 0.879 bits per heavy atom. The summed E-state index contributed by atoms with van der Waals surface area (Å²) in [5.41, 5.74) is 0.998. The lowest BCUT2D eigenvalue weighted by molar-refractivity contribution is -0.963. The second-order valence-corrected chi connectivity index (χ2v) is 9.11. The van der Waals surface area contributed by atoms with Crippen LogP contribution in [0.15, 0.2) is 60.7 Å². The number of quaternary nitrogens is 2. The zero-order chi connectivity index (χ0) is 24.0. The molecular weight excluding hydrogens is 416 g/mol. The number of fused-ring (bicyclic) bond motifs is 1. The standard InChI is InChI=1S/C27H36N2O4/c1-6-23(7-2)32-24-13-10-14-25(18-24)33-29(31)22-16-15-20-11-9-12-21(26(20)17-22)19-28(30)27(4,5)8-3/h9-18,23,28-29H,6-8,19H2,1-5H3. The lowest BCUT2D eigenvalue weighted by Crippen LogP contribution is -3.13. The van der Waals surface area contributed by atoms with Crippen molar-refractivity contribution in [3.8, 4) is 11.5 Å². The van der Waals surface area contributed by atoms with Crippen molar-refractivity contribution >= 4 is 16.5 Å². The van der Waals surface area contributed by atoms with Gasteiger partial charge in [-0.15, -0.1) is 5.23 Å². The zero-order valence-electron chi connectivity index (χ0n) is 20.3. The molecule has 2 atom stereocenters. The van der Waals surface area contributed by atoms with E-state index in [1.165, 1.54) is 0 Å². The summed E-state index contributed by atoms with van der Waals surface area (Å²) in [7, 11) is 0. The molecule has 0 radical (unpaired) electrons. The molecule has 3 rings (SSSR count). The highest BCUT2D eigenvalue weighted by molar-refractivity contribution is 5.87. The van der Waals surface area contributed by atoms with Gasteiger partial charge in [-0.05, 0) is 62.1 Å². The summed E-state index contributed by atoms with van der Waals surface area (Å²) in [6.07, 6.45) is 2.75. The van der Waals surface area contributed by atoms with E-state index in [2.05, 4.69) is 13.8 Å². The van der Waals surface area contributed by atoms with E-state index in [1.807, 2.05) is 63.2 Å². The van der Waals surface area contributed by atoms with Gasteiger partial charge in [-0.3, -0.25) is 0 Å². The fourth-order valence-corrected chi connectivity index (χ4v) is 3.65. The van der Waals surface area contributed by atoms with Gasteiger partial charge >= 0.3 is 0 Å². The molecule has 6 heteroatoms. The maximum Gasteiger partial charge on any atom is 0.194 e. The number of hydrogen-bond acceptors (Lipinski definition) is 4. The van der Waals surface area contributed by atoms with Crippen molar-refractivity contribution in [3.05, 3.63) is 76.6 Å². The summed E-state index contributed by atoms with van der Waals surface area (Å²) >= 11 is 0. The smallest absolute Gasteiger partial charge is 0.194 e. The van der Waals surface area contributed by atoms with Crippen LogP contribution in [-0.4, -0.2) is 11.6 Å². The molecule has 0 aliphatic carbocycles. The molecule has 0 fully saturated rings. The van der Waals surface area contributed by atoms with Gasteiger partial charge in [0, 0.05) is 23.8 Å². The van der Waals surface area contributed by atoms with Crippen LogP contribution < -0.4 is 19.9 Å². The van der Waals surface area contributed by atoms with E-state index in [4.69, 9.17) is 9.57 Å². The molecular formula is C27H36N2O4. The highest BCUT2D eigenvalue weighted by atomic mass is 16.9. The average Bonchev–Trinajstić information content (AvgIpc) is 2.82. The molecule has 3 aromatic carbocycles. The van der Waals surface area contributed by atoms with Gasteiger partial charge in [0.2, 0.25) is 0 Å². The molecule has 0 aliphatic rings. The van der Waals surface area contributed by atoms with E-state index in [0.29, 0.717) is 23.7 Å². The molecule has 0 bridgehead atoms. The van der Waals surface area contributed by atoms with Gasteiger partial charge in [0.15, 0.2) is 11.4 Å². The second kappa shape index (κ2) is 11.0. The van der Waals surface area contributed by atoms with Gasteiger partial charge < -0.3 is 25.1 Å². The summed E-state index contributed by atoms with van der Waals surface area (Å²) in [4.78, 5) is 5.65. The normalized spacial score (nSPS) is 13.8. The summed E-state index contributed by atoms with van der Waals surface area (Å²) in [6.45, 7) is 10.5. The molecule has 0 amide bonds. The first-order chi connectivity index (χ1) is 15.8. The van der Waals surface area contributed by atoms with Gasteiger partial charge in [-0.1, -0.05) is 45.0 Å². The van der Waals surface area contributed by atoms with Crippen molar-refractivity contribution in [2.75, 3.05) is 0 Å². The number of rotatable bonds is 11. The first kappa shape index (κ1) is 25.0. The highest BCUT2D eigenvalue weighted by Crippen LogP contribution is 2.23. The molecule has 0 heterocycles. The monoisotopic (exact) mass is 452 g/mol. The van der Waals surface area contributed by atoms with E-state index < -0.39 is 5.23 Å². The van der Waals surface area contributed by atoms with Gasteiger partial charge in [0.25, 0.3) is 0 Å². The molecule has 0 saturated heterocycles. The highest BCUT2D eigenvalue weighted by Gasteiger charge is 2.23. The molecule has 0 aliphatic heterocycles. The molecule has 33 heavy (non-hydrogen) atoms. The van der Waals surface area contributed by atoms with Crippen LogP contribution in [0, 0.1) is 10.4 Å². The minimum Gasteiger partial charge on any atom is -0.634 e. The van der Waals surface area contributed by atoms with Crippen LogP contribution in [0.2, 0.25) is 0 Å². The summed E-state index contributed by atoms with van der Waals surface area (Å²) in [6, 6.07) is 18.6. The number of ether oxygens (including phenoxy) is 1. The Kier molecular flexibility index (Phi) is 8.32. The lowest BCUT2D eigenvalue weighted by atomic mass is 9.99. The molecule has 2 N–H and O–H groups in total. The van der Waals surface area contributed by atoms with Crippen LogP contribution in [0.1, 0.15) is 59.4 Å². The Labute approximate surface area is 196 Å². The minimum absolute atomic E-state index is 0.134. The SMILES string of the molecule is CCC(CC)Oc1cccc(O[NH+]([O-])c2ccc3cccc(C[NH+]([O-])C(C)(C)CC)c3c2)c1. The van der Waals surface area contributed by atoms with Crippen LogP contribution in [0.4, 0.5) is 5.69 Å². The Hall–Kier alpha value is -2.64. The fourth-order valence-electron chi connectivity index (χ4n) is 3.65. The topological polar surface area (TPSA) is 73.5 Å². The van der Waals surface area contributed by atoms with Crippen LogP contribution in [0.5, 0.6) is 11.5 Å². The van der Waals surface area contributed by atoms with Crippen molar-refractivity contribution in [3.63, 3.8) is 0 Å². The van der Waals surface area contributed by atoms with Crippen molar-refractivity contribution in [2.24, 2.45) is 0 Å². The number of benzene rings is 3. The largest absolute Gasteiger partial charge is 0.634 e. The first-order valence-corrected chi connectivity index (χ1v) is 11.8. The van der Waals surface area contributed by atoms with Crippen molar-refractivity contribution < 1.29 is 19.9 Å². The van der Waals surface area contributed by atoms with E-state index in [9.17, 15) is 10.4 Å². The quantitative estimate of drug-likeness (QED) is 0.421.